The Labute approximate surface area is 214 Å². The van der Waals surface area contributed by atoms with Crippen molar-refractivity contribution in [1.29, 1.82) is 0 Å². The van der Waals surface area contributed by atoms with Crippen LogP contribution >= 0.6 is 0 Å². The first-order valence-corrected chi connectivity index (χ1v) is 12.8. The molecule has 6 rings (SSSR count). The maximum absolute atomic E-state index is 14.0. The van der Waals surface area contributed by atoms with Crippen LogP contribution in [-0.2, 0) is 13.0 Å². The van der Waals surface area contributed by atoms with E-state index in [0.717, 1.165) is 71.6 Å². The van der Waals surface area contributed by atoms with Gasteiger partial charge >= 0.3 is 0 Å². The molecule has 0 saturated heterocycles. The molecule has 1 N–H and O–H groups in total. The molecule has 0 radical (unpaired) electrons. The molecule has 0 spiro atoms. The molecule has 1 atom stereocenters. The van der Waals surface area contributed by atoms with Gasteiger partial charge in [-0.25, -0.2) is 23.7 Å². The van der Waals surface area contributed by atoms with E-state index in [0.29, 0.717) is 12.5 Å². The minimum Gasteiger partial charge on any atom is -0.354 e. The van der Waals surface area contributed by atoms with E-state index in [-0.39, 0.29) is 17.7 Å². The molecule has 37 heavy (non-hydrogen) atoms. The summed E-state index contributed by atoms with van der Waals surface area (Å²) in [4.78, 5) is 14.3. The molecule has 0 aliphatic carbocycles. The monoisotopic (exact) mass is 498 g/mol. The minimum absolute atomic E-state index is 0.108. The highest BCUT2D eigenvalue weighted by Crippen LogP contribution is 2.40. The Morgan fingerprint density at radius 2 is 1.84 bits per heavy atom. The van der Waals surface area contributed by atoms with E-state index in [9.17, 15) is 8.78 Å². The molecule has 1 aliphatic heterocycles. The van der Waals surface area contributed by atoms with Crippen molar-refractivity contribution >= 4 is 16.9 Å². The Morgan fingerprint density at radius 3 is 2.68 bits per heavy atom. The van der Waals surface area contributed by atoms with Crippen molar-refractivity contribution in [3.8, 4) is 22.6 Å². The zero-order valence-corrected chi connectivity index (χ0v) is 20.7. The van der Waals surface area contributed by atoms with E-state index >= 15 is 0 Å². The summed E-state index contributed by atoms with van der Waals surface area (Å²) in [5, 5.41) is 4.32. The molecule has 5 aromatic rings. The van der Waals surface area contributed by atoms with Crippen LogP contribution in [0, 0.1) is 11.6 Å². The van der Waals surface area contributed by atoms with Crippen molar-refractivity contribution in [3.63, 3.8) is 0 Å². The molecule has 6 nitrogen and oxygen atoms in total. The van der Waals surface area contributed by atoms with Gasteiger partial charge in [0.05, 0.1) is 28.6 Å². The number of aryl methyl sites for hydroxylation is 1. The summed E-state index contributed by atoms with van der Waals surface area (Å²) in [5.41, 5.74) is 4.15. The average Bonchev–Trinajstić information content (AvgIpc) is 3.59. The third-order valence-corrected chi connectivity index (χ3v) is 7.02. The number of hydrogen-bond acceptors (Lipinski definition) is 4. The molecule has 0 fully saturated rings. The zero-order valence-electron chi connectivity index (χ0n) is 20.7. The third kappa shape index (κ3) is 4.48. The lowest BCUT2D eigenvalue weighted by molar-refractivity contribution is 0.459. The van der Waals surface area contributed by atoms with E-state index in [1.165, 1.54) is 18.2 Å². The summed E-state index contributed by atoms with van der Waals surface area (Å²) in [6.07, 6.45) is 7.62. The fourth-order valence-corrected chi connectivity index (χ4v) is 5.20. The van der Waals surface area contributed by atoms with Crippen molar-refractivity contribution in [2.24, 2.45) is 0 Å². The second kappa shape index (κ2) is 9.76. The molecule has 4 heterocycles. The summed E-state index contributed by atoms with van der Waals surface area (Å²) in [6.45, 7) is 3.63. The molecule has 0 saturated carbocycles. The molecule has 0 bridgehead atoms. The zero-order chi connectivity index (χ0) is 25.4. The predicted octanol–water partition coefficient (Wildman–Crippen LogP) is 6.64. The number of anilines is 1. The van der Waals surface area contributed by atoms with E-state index < -0.39 is 0 Å². The van der Waals surface area contributed by atoms with Crippen LogP contribution in [0.3, 0.4) is 0 Å². The van der Waals surface area contributed by atoms with Gasteiger partial charge in [0.1, 0.15) is 17.5 Å². The minimum atomic E-state index is -0.286. The van der Waals surface area contributed by atoms with Gasteiger partial charge in [-0.1, -0.05) is 13.3 Å². The molecule has 3 aromatic heterocycles. The van der Waals surface area contributed by atoms with Crippen LogP contribution in [-0.4, -0.2) is 30.6 Å². The molecular weight excluding hydrogens is 470 g/mol. The highest BCUT2D eigenvalue weighted by Gasteiger charge is 2.31. The Bertz CT molecular complexity index is 1550. The number of hydrogen-bond donors (Lipinski definition) is 1. The van der Waals surface area contributed by atoms with Crippen LogP contribution in [0.4, 0.5) is 14.7 Å². The third-order valence-electron chi connectivity index (χ3n) is 7.02. The van der Waals surface area contributed by atoms with Crippen LogP contribution in [0.2, 0.25) is 0 Å². The summed E-state index contributed by atoms with van der Waals surface area (Å²) >= 11 is 0. The summed E-state index contributed by atoms with van der Waals surface area (Å²) in [6, 6.07) is 15.3. The molecule has 0 amide bonds. The number of imidazole rings is 1. The maximum Gasteiger partial charge on any atom is 0.223 e. The summed E-state index contributed by atoms with van der Waals surface area (Å²) < 4.78 is 32.1. The number of rotatable bonds is 8. The number of unbranched alkanes of at least 4 members (excludes halogenated alkanes) is 1. The first kappa shape index (κ1) is 23.3. The standard InChI is InChI=1S/C29H28F2N6/c1-2-3-14-32-29-33-15-12-24(34-29)28-27(20-5-7-21(30)8-6-20)35-26-11-10-23(37(26)28)18-36-16-13-19-4-9-22(31)17-25(19)36/h4-9,12-13,15-17,23H,2-3,10-11,14,18H2,1H3,(H,32,33,34)/t23-/m0/s1. The quantitative estimate of drug-likeness (QED) is 0.244. The van der Waals surface area contributed by atoms with E-state index in [4.69, 9.17) is 9.97 Å². The smallest absolute Gasteiger partial charge is 0.223 e. The van der Waals surface area contributed by atoms with Crippen LogP contribution in [0.1, 0.15) is 38.1 Å². The number of benzene rings is 2. The Hall–Kier alpha value is -4.07. The normalized spacial score (nSPS) is 14.8. The van der Waals surface area contributed by atoms with Crippen LogP contribution in [0.5, 0.6) is 0 Å². The lowest BCUT2D eigenvalue weighted by atomic mass is 10.1. The SMILES string of the molecule is CCCCNc1nccc(-c2c(-c3ccc(F)cc3)nc3n2[C@H](Cn2ccc4ccc(F)cc42)CC3)n1. The molecule has 188 valence electrons. The van der Waals surface area contributed by atoms with Crippen molar-refractivity contribution in [1.82, 2.24) is 24.1 Å². The van der Waals surface area contributed by atoms with Gasteiger partial charge in [-0.2, -0.15) is 0 Å². The van der Waals surface area contributed by atoms with Crippen molar-refractivity contribution in [2.75, 3.05) is 11.9 Å². The molecule has 2 aromatic carbocycles. The highest BCUT2D eigenvalue weighted by atomic mass is 19.1. The summed E-state index contributed by atoms with van der Waals surface area (Å²) in [7, 11) is 0. The van der Waals surface area contributed by atoms with Crippen molar-refractivity contribution in [3.05, 3.63) is 84.4 Å². The predicted molar refractivity (Wildman–Crippen MR) is 141 cm³/mol. The van der Waals surface area contributed by atoms with Gasteiger partial charge in [0.2, 0.25) is 5.95 Å². The number of nitrogens with zero attached hydrogens (tertiary/aromatic N) is 5. The highest BCUT2D eigenvalue weighted by molar-refractivity contribution is 5.80. The fraction of sp³-hybridized carbons (Fsp3) is 0.276. The van der Waals surface area contributed by atoms with Gasteiger partial charge in [0.15, 0.2) is 0 Å². The molecule has 0 unspecified atom stereocenters. The molecule has 1 aliphatic rings. The van der Waals surface area contributed by atoms with E-state index in [1.54, 1.807) is 24.4 Å². The Balaban J connectivity index is 1.44. The fourth-order valence-electron chi connectivity index (χ4n) is 5.20. The lowest BCUT2D eigenvalue weighted by Gasteiger charge is -2.19. The van der Waals surface area contributed by atoms with Crippen molar-refractivity contribution in [2.45, 2.75) is 45.2 Å². The first-order valence-electron chi connectivity index (χ1n) is 12.8. The van der Waals surface area contributed by atoms with Crippen LogP contribution in [0.15, 0.2) is 67.0 Å². The summed E-state index contributed by atoms with van der Waals surface area (Å²) in [5.74, 6) is 1.02. The average molecular weight is 499 g/mol. The van der Waals surface area contributed by atoms with Gasteiger partial charge in [0.25, 0.3) is 0 Å². The topological polar surface area (TPSA) is 60.6 Å². The van der Waals surface area contributed by atoms with Crippen LogP contribution < -0.4 is 5.32 Å². The van der Waals surface area contributed by atoms with E-state index in [1.807, 2.05) is 24.4 Å². The molecule has 8 heteroatoms. The Kier molecular flexibility index (Phi) is 6.16. The van der Waals surface area contributed by atoms with Gasteiger partial charge < -0.3 is 14.5 Å². The molecular formula is C29H28F2N6. The van der Waals surface area contributed by atoms with E-state index in [2.05, 4.69) is 26.4 Å². The van der Waals surface area contributed by atoms with Gasteiger partial charge in [-0.15, -0.1) is 0 Å². The lowest BCUT2D eigenvalue weighted by Crippen LogP contribution is -2.14. The second-order valence-electron chi connectivity index (χ2n) is 9.51. The maximum atomic E-state index is 14.0. The Morgan fingerprint density at radius 1 is 1.00 bits per heavy atom. The first-order chi connectivity index (χ1) is 18.1. The van der Waals surface area contributed by atoms with Crippen molar-refractivity contribution < 1.29 is 8.78 Å². The second-order valence-corrected chi connectivity index (χ2v) is 9.51. The number of aromatic nitrogens is 5. The largest absolute Gasteiger partial charge is 0.354 e. The number of fused-ring (bicyclic) bond motifs is 2. The van der Waals surface area contributed by atoms with Crippen LogP contribution in [0.25, 0.3) is 33.5 Å². The van der Waals surface area contributed by atoms with Gasteiger partial charge in [-0.05, 0) is 72.8 Å². The van der Waals surface area contributed by atoms with Gasteiger partial charge in [0, 0.05) is 37.5 Å². The van der Waals surface area contributed by atoms with Gasteiger partial charge in [-0.3, -0.25) is 0 Å². The number of nitrogens with one attached hydrogen (secondary N) is 1. The number of halogens is 2.